The van der Waals surface area contributed by atoms with Crippen molar-refractivity contribution in [2.24, 2.45) is 4.99 Å². The van der Waals surface area contributed by atoms with E-state index in [-0.39, 0.29) is 6.04 Å². The third-order valence-electron chi connectivity index (χ3n) is 5.49. The van der Waals surface area contributed by atoms with Crippen molar-refractivity contribution in [1.82, 2.24) is 0 Å². The highest BCUT2D eigenvalue weighted by atomic mass is 15.0. The fourth-order valence-electron chi connectivity index (χ4n) is 4.38. The molecule has 6 rings (SSSR count). The van der Waals surface area contributed by atoms with Crippen molar-refractivity contribution in [2.45, 2.75) is 12.5 Å². The van der Waals surface area contributed by atoms with E-state index in [0.29, 0.717) is 0 Å². The van der Waals surface area contributed by atoms with Crippen LogP contribution in [0.4, 0.5) is 11.4 Å². The van der Waals surface area contributed by atoms with Gasteiger partial charge in [-0.25, -0.2) is 4.99 Å². The first-order chi connectivity index (χ1) is 12.4. The monoisotopic (exact) mass is 320 g/mol. The highest BCUT2D eigenvalue weighted by Crippen LogP contribution is 2.51. The Kier molecular flexibility index (Phi) is 2.48. The zero-order valence-electron chi connectivity index (χ0n) is 13.7. The van der Waals surface area contributed by atoms with Gasteiger partial charge < -0.3 is 5.32 Å². The summed E-state index contributed by atoms with van der Waals surface area (Å²) in [5, 5.41) is 6.31. The van der Waals surface area contributed by atoms with Crippen LogP contribution in [0.3, 0.4) is 0 Å². The number of anilines is 1. The molecule has 2 nitrogen and oxygen atoms in total. The van der Waals surface area contributed by atoms with Crippen LogP contribution in [0.1, 0.15) is 11.1 Å². The Bertz CT molecular complexity index is 1150. The Morgan fingerprint density at radius 3 is 2.72 bits per heavy atom. The molecule has 1 atom stereocenters. The highest BCUT2D eigenvalue weighted by Gasteiger charge is 2.30. The second-order valence-corrected chi connectivity index (χ2v) is 6.86. The summed E-state index contributed by atoms with van der Waals surface area (Å²) in [5.41, 5.74) is 8.88. The molecule has 3 aromatic rings. The maximum Gasteiger partial charge on any atom is 0.0913 e. The van der Waals surface area contributed by atoms with E-state index in [4.69, 9.17) is 4.99 Å². The molecule has 0 spiro atoms. The molecule has 0 fully saturated rings. The van der Waals surface area contributed by atoms with Crippen LogP contribution in [0.5, 0.6) is 0 Å². The molecule has 1 aliphatic heterocycles. The quantitative estimate of drug-likeness (QED) is 0.461. The number of fused-ring (bicyclic) bond motifs is 9. The molecule has 25 heavy (non-hydrogen) atoms. The second kappa shape index (κ2) is 4.70. The van der Waals surface area contributed by atoms with Crippen molar-refractivity contribution in [3.8, 4) is 11.1 Å². The van der Waals surface area contributed by atoms with Gasteiger partial charge in [-0.15, -0.1) is 0 Å². The van der Waals surface area contributed by atoms with Crippen LogP contribution >= 0.6 is 0 Å². The Balaban J connectivity index is 1.75. The van der Waals surface area contributed by atoms with Crippen LogP contribution in [0.2, 0.25) is 0 Å². The molecule has 2 heteroatoms. The van der Waals surface area contributed by atoms with E-state index in [2.05, 4.69) is 78.2 Å². The molecule has 118 valence electrons. The topological polar surface area (TPSA) is 24.4 Å². The fourth-order valence-corrected chi connectivity index (χ4v) is 4.38. The largest absolute Gasteiger partial charge is 0.371 e. The number of aliphatic imine (C=N–C) groups is 1. The predicted molar refractivity (Wildman–Crippen MR) is 105 cm³/mol. The van der Waals surface area contributed by atoms with Gasteiger partial charge in [0.15, 0.2) is 0 Å². The van der Waals surface area contributed by atoms with E-state index in [0.717, 1.165) is 17.8 Å². The maximum atomic E-state index is 5.09. The molecule has 0 radical (unpaired) electrons. The standard InChI is InChI=1S/C23H16N2/c1-2-8-15-14(7-1)13-18-21(15)16-9-3-4-10-17(16)22-23(18)25-20-12-6-5-11-19(20)24-22/h1-12,19,24H,13H2. The van der Waals surface area contributed by atoms with Crippen LogP contribution in [-0.2, 0) is 6.42 Å². The van der Waals surface area contributed by atoms with Crippen LogP contribution in [0, 0.1) is 0 Å². The number of rotatable bonds is 0. The van der Waals surface area contributed by atoms with Gasteiger partial charge in [-0.05, 0) is 33.7 Å². The first-order valence-electron chi connectivity index (χ1n) is 8.76. The summed E-state index contributed by atoms with van der Waals surface area (Å²) in [6.45, 7) is 0. The van der Waals surface area contributed by atoms with Crippen molar-refractivity contribution in [1.29, 1.82) is 0 Å². The van der Waals surface area contributed by atoms with Crippen LogP contribution < -0.4 is 5.32 Å². The number of nitrogens with one attached hydrogen (secondary N) is 1. The molecule has 2 aliphatic carbocycles. The molecule has 0 saturated carbocycles. The van der Waals surface area contributed by atoms with Crippen LogP contribution in [0.25, 0.3) is 21.9 Å². The Morgan fingerprint density at radius 1 is 0.920 bits per heavy atom. The minimum Gasteiger partial charge on any atom is -0.371 e. The minimum atomic E-state index is 0.169. The number of nitrogens with zero attached hydrogens (tertiary/aromatic N) is 1. The zero-order valence-corrected chi connectivity index (χ0v) is 13.7. The molecule has 0 amide bonds. The molecule has 0 bridgehead atoms. The van der Waals surface area contributed by atoms with Crippen molar-refractivity contribution in [3.63, 3.8) is 0 Å². The molecule has 1 unspecified atom stereocenters. The molecule has 3 aromatic carbocycles. The Labute approximate surface area is 146 Å². The summed E-state index contributed by atoms with van der Waals surface area (Å²) in [7, 11) is 0. The lowest BCUT2D eigenvalue weighted by Crippen LogP contribution is -2.30. The first kappa shape index (κ1) is 13.2. The average Bonchev–Trinajstić information content (AvgIpc) is 3.07. The van der Waals surface area contributed by atoms with E-state index in [1.54, 1.807) is 0 Å². The Morgan fingerprint density at radius 2 is 1.76 bits per heavy atom. The van der Waals surface area contributed by atoms with Gasteiger partial charge in [-0.3, -0.25) is 0 Å². The molecule has 0 aromatic heterocycles. The summed E-state index contributed by atoms with van der Waals surface area (Å²) in [4.78, 5) is 5.09. The molecular weight excluding hydrogens is 304 g/mol. The molecule has 1 N–H and O–H groups in total. The lowest BCUT2D eigenvalue weighted by molar-refractivity contribution is 1.12. The lowest BCUT2D eigenvalue weighted by atomic mass is 9.92. The van der Waals surface area contributed by atoms with Gasteiger partial charge in [0.1, 0.15) is 0 Å². The van der Waals surface area contributed by atoms with Crippen molar-refractivity contribution < 1.29 is 0 Å². The van der Waals surface area contributed by atoms with E-state index >= 15 is 0 Å². The fraction of sp³-hybridized carbons (Fsp3) is 0.0870. The molecule has 3 aliphatic rings. The number of benzene rings is 3. The van der Waals surface area contributed by atoms with Gasteiger partial charge in [-0.1, -0.05) is 66.8 Å². The minimum absolute atomic E-state index is 0.169. The molecule has 0 saturated heterocycles. The molecule has 1 heterocycles. The summed E-state index contributed by atoms with van der Waals surface area (Å²) < 4.78 is 0. The van der Waals surface area contributed by atoms with Crippen LogP contribution in [0.15, 0.2) is 77.8 Å². The summed E-state index contributed by atoms with van der Waals surface area (Å²) >= 11 is 0. The van der Waals surface area contributed by atoms with E-state index in [1.165, 1.54) is 38.7 Å². The van der Waals surface area contributed by atoms with E-state index in [9.17, 15) is 0 Å². The summed E-state index contributed by atoms with van der Waals surface area (Å²) in [5.74, 6) is 0. The van der Waals surface area contributed by atoms with Crippen molar-refractivity contribution in [2.75, 3.05) is 5.32 Å². The van der Waals surface area contributed by atoms with E-state index in [1.807, 2.05) is 0 Å². The number of hydrogen-bond donors (Lipinski definition) is 1. The molecular formula is C23H16N2. The van der Waals surface area contributed by atoms with Crippen molar-refractivity contribution in [3.05, 3.63) is 84.0 Å². The normalized spacial score (nSPS) is 18.9. The summed E-state index contributed by atoms with van der Waals surface area (Å²) in [6.07, 6.45) is 9.41. The predicted octanol–water partition coefficient (Wildman–Crippen LogP) is 5.40. The first-order valence-corrected chi connectivity index (χ1v) is 8.76. The smallest absolute Gasteiger partial charge is 0.0913 e. The highest BCUT2D eigenvalue weighted by molar-refractivity contribution is 6.17. The number of allylic oxidation sites excluding steroid dienone is 2. The SMILES string of the molecule is C1=CC2=Nc3c4c(c5ccccc5c3NC2C=C1)-c1ccccc1C4. The Hall–Kier alpha value is -3.13. The van der Waals surface area contributed by atoms with Crippen molar-refractivity contribution >= 4 is 27.9 Å². The van der Waals surface area contributed by atoms with E-state index < -0.39 is 0 Å². The number of hydrogen-bond acceptors (Lipinski definition) is 2. The van der Waals surface area contributed by atoms with Crippen LogP contribution in [-0.4, -0.2) is 11.8 Å². The van der Waals surface area contributed by atoms with Gasteiger partial charge in [0, 0.05) is 11.8 Å². The van der Waals surface area contributed by atoms with Gasteiger partial charge in [0.25, 0.3) is 0 Å². The lowest BCUT2D eigenvalue weighted by Gasteiger charge is -2.28. The van der Waals surface area contributed by atoms with Gasteiger partial charge in [0.05, 0.1) is 23.1 Å². The average molecular weight is 320 g/mol. The third kappa shape index (κ3) is 1.71. The van der Waals surface area contributed by atoms with Gasteiger partial charge in [-0.2, -0.15) is 0 Å². The summed E-state index contributed by atoms with van der Waals surface area (Å²) in [6, 6.07) is 17.6. The van der Waals surface area contributed by atoms with Gasteiger partial charge in [0.2, 0.25) is 0 Å². The second-order valence-electron chi connectivity index (χ2n) is 6.86. The third-order valence-corrected chi connectivity index (χ3v) is 5.49. The zero-order chi connectivity index (χ0) is 16.4. The maximum absolute atomic E-state index is 5.09. The van der Waals surface area contributed by atoms with Gasteiger partial charge >= 0.3 is 0 Å².